The minimum absolute atomic E-state index is 0.0158. The molecular weight excluding hydrogens is 446 g/mol. The van der Waals surface area contributed by atoms with E-state index in [1.165, 1.54) is 12.1 Å². The summed E-state index contributed by atoms with van der Waals surface area (Å²) >= 11 is 0. The summed E-state index contributed by atoms with van der Waals surface area (Å²) in [6, 6.07) is 9.07. The van der Waals surface area contributed by atoms with E-state index in [1.54, 1.807) is 54.9 Å². The van der Waals surface area contributed by atoms with Gasteiger partial charge in [0.05, 0.1) is 11.4 Å². The van der Waals surface area contributed by atoms with Gasteiger partial charge in [-0.15, -0.1) is 15.3 Å². The Hall–Kier alpha value is -3.67. The second-order valence-corrected chi connectivity index (χ2v) is 8.13. The van der Waals surface area contributed by atoms with Crippen LogP contribution in [0.15, 0.2) is 36.4 Å². The van der Waals surface area contributed by atoms with Crippen LogP contribution in [0.1, 0.15) is 23.4 Å². The molecule has 2 aromatic heterocycles. The normalized spacial score (nSPS) is 16.1. The van der Waals surface area contributed by atoms with Gasteiger partial charge in [0, 0.05) is 45.4 Å². The van der Waals surface area contributed by atoms with E-state index in [-0.39, 0.29) is 24.1 Å². The quantitative estimate of drug-likeness (QED) is 0.555. The number of carbonyl (C=O) groups excluding carboxylic acids is 1. The van der Waals surface area contributed by atoms with E-state index in [0.29, 0.717) is 48.4 Å². The first-order valence-corrected chi connectivity index (χ1v) is 10.8. The van der Waals surface area contributed by atoms with Crippen LogP contribution < -0.4 is 15.0 Å². The summed E-state index contributed by atoms with van der Waals surface area (Å²) in [6.07, 6.45) is -2.53. The molecule has 1 amide bonds. The van der Waals surface area contributed by atoms with E-state index in [0.717, 1.165) is 0 Å². The molecule has 4 rings (SSSR count). The molecule has 1 fully saturated rings. The summed E-state index contributed by atoms with van der Waals surface area (Å²) in [5.74, 6) is 0.995. The van der Waals surface area contributed by atoms with E-state index >= 15 is 0 Å². The van der Waals surface area contributed by atoms with Crippen LogP contribution in [-0.4, -0.2) is 75.8 Å². The number of piperazine rings is 1. The second kappa shape index (κ2) is 10.1. The van der Waals surface area contributed by atoms with E-state index in [2.05, 4.69) is 25.8 Å². The van der Waals surface area contributed by atoms with Gasteiger partial charge in [0.25, 0.3) is 6.43 Å². The van der Waals surface area contributed by atoms with Crippen molar-refractivity contribution in [3.05, 3.63) is 53.3 Å². The number of nitrogens with zero attached hydrogens (tertiary/aromatic N) is 7. The van der Waals surface area contributed by atoms with E-state index < -0.39 is 6.43 Å². The van der Waals surface area contributed by atoms with Crippen LogP contribution >= 0.6 is 0 Å². The molecule has 0 spiro atoms. The van der Waals surface area contributed by atoms with Crippen LogP contribution in [-0.2, 0) is 11.4 Å². The van der Waals surface area contributed by atoms with Crippen LogP contribution in [0, 0.1) is 6.92 Å². The Morgan fingerprint density at radius 1 is 1.18 bits per heavy atom. The van der Waals surface area contributed by atoms with Crippen LogP contribution in [0.25, 0.3) is 5.69 Å². The van der Waals surface area contributed by atoms with Crippen LogP contribution in [0.3, 0.4) is 0 Å². The summed E-state index contributed by atoms with van der Waals surface area (Å²) in [5.41, 5.74) is 1.86. The van der Waals surface area contributed by atoms with E-state index in [1.807, 2.05) is 4.90 Å². The fraction of sp³-hybridized carbons (Fsp3) is 0.409. The largest absolute Gasteiger partial charge is 0.470 e. The SMILES string of the molecule is Cc1nnn(-c2ccc(C(F)F)cc2)c1COc1ccc(N2CCN[C@H](C(=O)N(C)C)C2)nn1. The lowest BCUT2D eigenvalue weighted by Gasteiger charge is -2.34. The number of aryl methyl sites for hydroxylation is 1. The van der Waals surface area contributed by atoms with Crippen molar-refractivity contribution >= 4 is 11.7 Å². The highest BCUT2D eigenvalue weighted by Crippen LogP contribution is 2.22. The van der Waals surface area contributed by atoms with Gasteiger partial charge in [0.2, 0.25) is 11.8 Å². The fourth-order valence-corrected chi connectivity index (χ4v) is 3.65. The summed E-state index contributed by atoms with van der Waals surface area (Å²) in [7, 11) is 3.47. The Morgan fingerprint density at radius 3 is 2.59 bits per heavy atom. The molecule has 0 bridgehead atoms. The Labute approximate surface area is 195 Å². The zero-order valence-corrected chi connectivity index (χ0v) is 19.2. The first-order chi connectivity index (χ1) is 16.3. The molecule has 1 atom stereocenters. The lowest BCUT2D eigenvalue weighted by Crippen LogP contribution is -2.57. The molecule has 12 heteroatoms. The molecular formula is C22H26F2N8O2. The number of alkyl halides is 2. The van der Waals surface area contributed by atoms with Crippen molar-refractivity contribution in [2.75, 3.05) is 38.6 Å². The number of rotatable bonds is 7. The van der Waals surface area contributed by atoms with Gasteiger partial charge >= 0.3 is 0 Å². The number of nitrogens with one attached hydrogen (secondary N) is 1. The predicted octanol–water partition coefficient (Wildman–Crippen LogP) is 1.75. The van der Waals surface area contributed by atoms with Gasteiger partial charge in [-0.05, 0) is 25.1 Å². The summed E-state index contributed by atoms with van der Waals surface area (Å²) in [5, 5.41) is 19.8. The lowest BCUT2D eigenvalue weighted by atomic mass is 10.2. The smallest absolute Gasteiger partial charge is 0.263 e. The van der Waals surface area contributed by atoms with Crippen molar-refractivity contribution in [1.82, 2.24) is 35.4 Å². The Balaban J connectivity index is 1.41. The van der Waals surface area contributed by atoms with Gasteiger partial charge in [-0.3, -0.25) is 4.79 Å². The Bertz CT molecular complexity index is 1120. The maximum Gasteiger partial charge on any atom is 0.263 e. The molecule has 10 nitrogen and oxygen atoms in total. The van der Waals surface area contributed by atoms with Crippen molar-refractivity contribution in [3.8, 4) is 11.6 Å². The molecule has 1 saturated heterocycles. The molecule has 180 valence electrons. The number of anilines is 1. The number of carbonyl (C=O) groups is 1. The third-order valence-electron chi connectivity index (χ3n) is 5.57. The molecule has 1 aromatic carbocycles. The van der Waals surface area contributed by atoms with Crippen molar-refractivity contribution in [2.45, 2.75) is 26.0 Å². The summed E-state index contributed by atoms with van der Waals surface area (Å²) < 4.78 is 33.0. The molecule has 3 aromatic rings. The van der Waals surface area contributed by atoms with Gasteiger partial charge in [0.15, 0.2) is 5.82 Å². The number of likely N-dealkylation sites (N-methyl/N-ethyl adjacent to an activating group) is 1. The fourth-order valence-electron chi connectivity index (χ4n) is 3.65. The highest BCUT2D eigenvalue weighted by atomic mass is 19.3. The Morgan fingerprint density at radius 2 is 1.94 bits per heavy atom. The minimum atomic E-state index is -2.53. The molecule has 0 saturated carbocycles. The van der Waals surface area contributed by atoms with Crippen molar-refractivity contribution in [1.29, 1.82) is 0 Å². The molecule has 1 aliphatic rings. The van der Waals surface area contributed by atoms with Crippen LogP contribution in [0.5, 0.6) is 5.88 Å². The van der Waals surface area contributed by atoms with Gasteiger partial charge in [-0.2, -0.15) is 0 Å². The van der Waals surface area contributed by atoms with Gasteiger partial charge in [-0.1, -0.05) is 17.3 Å². The lowest BCUT2D eigenvalue weighted by molar-refractivity contribution is -0.130. The van der Waals surface area contributed by atoms with Crippen LogP contribution in [0.2, 0.25) is 0 Å². The van der Waals surface area contributed by atoms with Gasteiger partial charge in [-0.25, -0.2) is 13.5 Å². The molecule has 3 heterocycles. The molecule has 0 radical (unpaired) electrons. The predicted molar refractivity (Wildman–Crippen MR) is 120 cm³/mol. The molecule has 0 unspecified atom stereocenters. The number of ether oxygens (including phenoxy) is 1. The number of aromatic nitrogens is 5. The highest BCUT2D eigenvalue weighted by molar-refractivity contribution is 5.82. The number of halogens is 2. The number of amides is 1. The zero-order valence-electron chi connectivity index (χ0n) is 19.2. The van der Waals surface area contributed by atoms with Crippen LogP contribution in [0.4, 0.5) is 14.6 Å². The maximum atomic E-state index is 12.8. The highest BCUT2D eigenvalue weighted by Gasteiger charge is 2.27. The summed E-state index contributed by atoms with van der Waals surface area (Å²) in [6.45, 7) is 3.79. The third kappa shape index (κ3) is 5.11. The zero-order chi connectivity index (χ0) is 24.2. The second-order valence-electron chi connectivity index (χ2n) is 8.13. The van der Waals surface area contributed by atoms with E-state index in [9.17, 15) is 13.6 Å². The molecule has 0 aliphatic carbocycles. The average Bonchev–Trinajstić information content (AvgIpc) is 3.22. The summed E-state index contributed by atoms with van der Waals surface area (Å²) in [4.78, 5) is 15.8. The first-order valence-electron chi connectivity index (χ1n) is 10.8. The monoisotopic (exact) mass is 472 g/mol. The van der Waals surface area contributed by atoms with E-state index in [4.69, 9.17) is 4.74 Å². The average molecular weight is 473 g/mol. The first kappa shape index (κ1) is 23.5. The standard InChI is InChI=1S/C22H26F2N8O2/c1-14-18(32(29-26-14)16-6-4-15(5-7-16)21(23)24)13-34-20-9-8-19(27-28-20)31-11-10-25-17(12-31)22(33)30(2)3/h4-9,17,21,25H,10-13H2,1-3H3/t17-/m0/s1. The minimum Gasteiger partial charge on any atom is -0.470 e. The van der Waals surface area contributed by atoms with Crippen molar-refractivity contribution in [2.24, 2.45) is 0 Å². The molecule has 34 heavy (non-hydrogen) atoms. The number of hydrogen-bond acceptors (Lipinski definition) is 8. The Kier molecular flexibility index (Phi) is 6.96. The third-order valence-corrected chi connectivity index (χ3v) is 5.57. The van der Waals surface area contributed by atoms with Crippen molar-refractivity contribution < 1.29 is 18.3 Å². The topological polar surface area (TPSA) is 101 Å². The van der Waals surface area contributed by atoms with Gasteiger partial charge in [0.1, 0.15) is 18.3 Å². The van der Waals surface area contributed by atoms with Gasteiger partial charge < -0.3 is 19.9 Å². The number of hydrogen-bond donors (Lipinski definition) is 1. The van der Waals surface area contributed by atoms with Crippen molar-refractivity contribution in [3.63, 3.8) is 0 Å². The molecule has 1 aliphatic heterocycles. The maximum absolute atomic E-state index is 12.8. The molecule has 1 N–H and O–H groups in total. The number of benzene rings is 1.